The van der Waals surface area contributed by atoms with Gasteiger partial charge in [-0.25, -0.2) is 4.39 Å². The third-order valence-electron chi connectivity index (χ3n) is 3.26. The zero-order valence-corrected chi connectivity index (χ0v) is 11.1. The molecule has 2 N–H and O–H groups in total. The van der Waals surface area contributed by atoms with Crippen LogP contribution in [0.15, 0.2) is 28.8 Å². The Morgan fingerprint density at radius 3 is 2.63 bits per heavy atom. The predicted molar refractivity (Wildman–Crippen MR) is 70.2 cm³/mol. The van der Waals surface area contributed by atoms with Gasteiger partial charge in [0, 0.05) is 12.5 Å². The molecule has 2 rings (SSSR count). The van der Waals surface area contributed by atoms with Crippen molar-refractivity contribution in [1.82, 2.24) is 10.1 Å². The van der Waals surface area contributed by atoms with Crippen LogP contribution in [0.3, 0.4) is 0 Å². The van der Waals surface area contributed by atoms with Crippen molar-refractivity contribution < 1.29 is 8.91 Å². The second-order valence-corrected chi connectivity index (χ2v) is 4.71. The zero-order valence-electron chi connectivity index (χ0n) is 11.1. The van der Waals surface area contributed by atoms with Gasteiger partial charge in [-0.1, -0.05) is 31.1 Å². The number of benzene rings is 1. The van der Waals surface area contributed by atoms with E-state index in [0.29, 0.717) is 18.1 Å². The molecule has 2 atom stereocenters. The minimum atomic E-state index is -0.250. The normalized spacial score (nSPS) is 14.3. The van der Waals surface area contributed by atoms with Crippen LogP contribution >= 0.6 is 0 Å². The Morgan fingerprint density at radius 1 is 1.32 bits per heavy atom. The van der Waals surface area contributed by atoms with E-state index in [9.17, 15) is 4.39 Å². The highest BCUT2D eigenvalue weighted by molar-refractivity contribution is 5.19. The molecular weight excluding hydrogens is 245 g/mol. The van der Waals surface area contributed by atoms with Crippen LogP contribution in [0.1, 0.15) is 43.5 Å². The van der Waals surface area contributed by atoms with E-state index in [-0.39, 0.29) is 17.8 Å². The number of nitrogens with zero attached hydrogens (tertiary/aromatic N) is 2. The van der Waals surface area contributed by atoms with Gasteiger partial charge in [-0.05, 0) is 24.1 Å². The molecule has 0 bridgehead atoms. The molecule has 0 aliphatic heterocycles. The minimum Gasteiger partial charge on any atom is -0.339 e. The van der Waals surface area contributed by atoms with Crippen molar-refractivity contribution in [1.29, 1.82) is 0 Å². The third-order valence-corrected chi connectivity index (χ3v) is 3.26. The Labute approximate surface area is 111 Å². The molecule has 1 aromatic heterocycles. The number of hydrogen-bond donors (Lipinski definition) is 1. The number of hydrogen-bond acceptors (Lipinski definition) is 4. The van der Waals surface area contributed by atoms with E-state index < -0.39 is 0 Å². The first-order chi connectivity index (χ1) is 9.10. The number of aromatic nitrogens is 2. The topological polar surface area (TPSA) is 64.9 Å². The lowest BCUT2D eigenvalue weighted by molar-refractivity contribution is 0.337. The molecule has 2 aromatic rings. The Morgan fingerprint density at radius 2 is 2.00 bits per heavy atom. The predicted octanol–water partition coefficient (Wildman–Crippen LogP) is 2.64. The minimum absolute atomic E-state index is 0.0131. The van der Waals surface area contributed by atoms with E-state index in [1.165, 1.54) is 12.1 Å². The molecule has 0 amide bonds. The maximum absolute atomic E-state index is 12.8. The summed E-state index contributed by atoms with van der Waals surface area (Å²) in [5.74, 6) is 0.947. The summed E-state index contributed by atoms with van der Waals surface area (Å²) in [5.41, 5.74) is 6.90. The summed E-state index contributed by atoms with van der Waals surface area (Å²) in [7, 11) is 0. The van der Waals surface area contributed by atoms with Gasteiger partial charge in [0.1, 0.15) is 5.82 Å². The van der Waals surface area contributed by atoms with Gasteiger partial charge in [-0.3, -0.25) is 0 Å². The largest absolute Gasteiger partial charge is 0.339 e. The average Bonchev–Trinajstić information content (AvgIpc) is 2.88. The molecule has 0 saturated carbocycles. The number of rotatable bonds is 5. The standard InChI is InChI=1S/C14H18FN3O/c1-3-12(16)9(2)14-17-13(18-19-14)8-10-4-6-11(15)7-5-10/h4-7,9,12H,3,8,16H2,1-2H3. The first-order valence-corrected chi connectivity index (χ1v) is 6.42. The van der Waals surface area contributed by atoms with Gasteiger partial charge in [0.15, 0.2) is 5.82 Å². The Balaban J connectivity index is 2.07. The molecule has 0 radical (unpaired) electrons. The van der Waals surface area contributed by atoms with Crippen molar-refractivity contribution in [2.75, 3.05) is 0 Å². The van der Waals surface area contributed by atoms with Gasteiger partial charge >= 0.3 is 0 Å². The molecule has 0 saturated heterocycles. The summed E-state index contributed by atoms with van der Waals surface area (Å²) in [5, 5.41) is 3.94. The molecule has 0 aliphatic rings. The van der Waals surface area contributed by atoms with Gasteiger partial charge in [-0.15, -0.1) is 0 Å². The van der Waals surface area contributed by atoms with E-state index in [1.54, 1.807) is 12.1 Å². The Hall–Kier alpha value is -1.75. The highest BCUT2D eigenvalue weighted by Crippen LogP contribution is 2.18. The summed E-state index contributed by atoms with van der Waals surface area (Å²) < 4.78 is 18.0. The maximum atomic E-state index is 12.8. The van der Waals surface area contributed by atoms with Crippen molar-refractivity contribution in [3.05, 3.63) is 47.4 Å². The second kappa shape index (κ2) is 5.93. The number of nitrogens with two attached hydrogens (primary N) is 1. The highest BCUT2D eigenvalue weighted by atomic mass is 19.1. The SMILES string of the molecule is CCC(N)C(C)c1nc(Cc2ccc(F)cc2)no1. The second-order valence-electron chi connectivity index (χ2n) is 4.71. The van der Waals surface area contributed by atoms with Crippen molar-refractivity contribution in [2.45, 2.75) is 38.6 Å². The maximum Gasteiger partial charge on any atom is 0.231 e. The van der Waals surface area contributed by atoms with Crippen molar-refractivity contribution in [3.63, 3.8) is 0 Å². The van der Waals surface area contributed by atoms with Gasteiger partial charge in [0.05, 0.1) is 5.92 Å². The number of halogens is 1. The third kappa shape index (κ3) is 3.38. The Bertz CT molecular complexity index is 524. The zero-order chi connectivity index (χ0) is 13.8. The fourth-order valence-corrected chi connectivity index (χ4v) is 1.85. The molecule has 1 aromatic carbocycles. The van der Waals surface area contributed by atoms with Crippen molar-refractivity contribution >= 4 is 0 Å². The lowest BCUT2D eigenvalue weighted by Gasteiger charge is -2.13. The molecule has 1 heterocycles. The molecule has 4 nitrogen and oxygen atoms in total. The summed E-state index contributed by atoms with van der Waals surface area (Å²) in [6.07, 6.45) is 1.38. The van der Waals surface area contributed by atoms with E-state index >= 15 is 0 Å². The van der Waals surface area contributed by atoms with Crippen LogP contribution in [0, 0.1) is 5.82 Å². The fourth-order valence-electron chi connectivity index (χ4n) is 1.85. The van der Waals surface area contributed by atoms with Crippen LogP contribution < -0.4 is 5.73 Å². The molecule has 0 spiro atoms. The first kappa shape index (κ1) is 13.7. The van der Waals surface area contributed by atoms with E-state index in [4.69, 9.17) is 10.3 Å². The molecule has 0 aliphatic carbocycles. The van der Waals surface area contributed by atoms with Crippen molar-refractivity contribution in [2.24, 2.45) is 5.73 Å². The highest BCUT2D eigenvalue weighted by Gasteiger charge is 2.19. The molecular formula is C14H18FN3O. The summed E-state index contributed by atoms with van der Waals surface area (Å²) >= 11 is 0. The lowest BCUT2D eigenvalue weighted by atomic mass is 10.0. The van der Waals surface area contributed by atoms with Crippen LogP contribution in [-0.2, 0) is 6.42 Å². The summed E-state index contributed by atoms with van der Waals surface area (Å²) in [6.45, 7) is 4.00. The van der Waals surface area contributed by atoms with Crippen LogP contribution in [-0.4, -0.2) is 16.2 Å². The Kier molecular flexibility index (Phi) is 4.27. The molecule has 0 fully saturated rings. The van der Waals surface area contributed by atoms with Gasteiger partial charge in [-0.2, -0.15) is 4.98 Å². The van der Waals surface area contributed by atoms with Crippen molar-refractivity contribution in [3.8, 4) is 0 Å². The van der Waals surface area contributed by atoms with Gasteiger partial charge in [0.25, 0.3) is 0 Å². The quantitative estimate of drug-likeness (QED) is 0.900. The fraction of sp³-hybridized carbons (Fsp3) is 0.429. The van der Waals surface area contributed by atoms with Crippen LogP contribution in [0.2, 0.25) is 0 Å². The molecule has 2 unspecified atom stereocenters. The van der Waals surface area contributed by atoms with Crippen LogP contribution in [0.4, 0.5) is 4.39 Å². The van der Waals surface area contributed by atoms with Crippen LogP contribution in [0.25, 0.3) is 0 Å². The average molecular weight is 263 g/mol. The van der Waals surface area contributed by atoms with E-state index in [2.05, 4.69) is 10.1 Å². The molecule has 5 heteroatoms. The summed E-state index contributed by atoms with van der Waals surface area (Å²) in [6, 6.07) is 6.29. The molecule has 102 valence electrons. The monoisotopic (exact) mass is 263 g/mol. The lowest BCUT2D eigenvalue weighted by Crippen LogP contribution is -2.25. The van der Waals surface area contributed by atoms with E-state index in [1.807, 2.05) is 13.8 Å². The summed E-state index contributed by atoms with van der Waals surface area (Å²) in [4.78, 5) is 4.35. The van der Waals surface area contributed by atoms with E-state index in [0.717, 1.165) is 12.0 Å². The van der Waals surface area contributed by atoms with Crippen LogP contribution in [0.5, 0.6) is 0 Å². The smallest absolute Gasteiger partial charge is 0.231 e. The van der Waals surface area contributed by atoms with Gasteiger partial charge < -0.3 is 10.3 Å². The van der Waals surface area contributed by atoms with Gasteiger partial charge in [0.2, 0.25) is 5.89 Å². The molecule has 19 heavy (non-hydrogen) atoms. The first-order valence-electron chi connectivity index (χ1n) is 6.42.